The van der Waals surface area contributed by atoms with Gasteiger partial charge in [0.15, 0.2) is 5.82 Å². The highest BCUT2D eigenvalue weighted by Gasteiger charge is 2.18. The number of carbonyl (C=O) groups is 1. The van der Waals surface area contributed by atoms with Crippen molar-refractivity contribution >= 4 is 23.2 Å². The molecule has 6 nitrogen and oxygen atoms in total. The van der Waals surface area contributed by atoms with E-state index in [-0.39, 0.29) is 12.0 Å². The molecule has 4 aromatic rings. The second-order valence-corrected chi connectivity index (χ2v) is 8.41. The van der Waals surface area contributed by atoms with Crippen LogP contribution in [0.5, 0.6) is 6.01 Å². The number of aromatic nitrogens is 3. The van der Waals surface area contributed by atoms with Crippen molar-refractivity contribution in [3.63, 3.8) is 0 Å². The summed E-state index contributed by atoms with van der Waals surface area (Å²) in [6.07, 6.45) is -0.0441. The van der Waals surface area contributed by atoms with E-state index < -0.39 is 5.38 Å². The van der Waals surface area contributed by atoms with Gasteiger partial charge in [0, 0.05) is 11.3 Å². The minimum Gasteiger partial charge on any atom is -0.460 e. The summed E-state index contributed by atoms with van der Waals surface area (Å²) in [5, 5.41) is 6.64. The monoisotopic (exact) mass is 460 g/mol. The molecular formula is C26H25ClN4O2. The molecule has 0 aliphatic rings. The summed E-state index contributed by atoms with van der Waals surface area (Å²) in [7, 11) is 0. The SMILES string of the molecule is Cc1ccc(-c2nc(OC(C)C)nn2-c2ccc(NC(=O)[C@H](Cl)c3ccccc3)cc2)cc1. The second-order valence-electron chi connectivity index (χ2n) is 7.97. The van der Waals surface area contributed by atoms with E-state index in [4.69, 9.17) is 16.3 Å². The Morgan fingerprint density at radius 1 is 0.970 bits per heavy atom. The van der Waals surface area contributed by atoms with Crippen molar-refractivity contribution in [2.24, 2.45) is 0 Å². The fourth-order valence-corrected chi connectivity index (χ4v) is 3.49. The van der Waals surface area contributed by atoms with Crippen molar-refractivity contribution in [2.75, 3.05) is 5.32 Å². The van der Waals surface area contributed by atoms with Gasteiger partial charge in [-0.2, -0.15) is 4.98 Å². The number of amides is 1. The highest BCUT2D eigenvalue weighted by atomic mass is 35.5. The first kappa shape index (κ1) is 22.6. The molecule has 4 rings (SSSR count). The lowest BCUT2D eigenvalue weighted by molar-refractivity contribution is -0.116. The Bertz CT molecular complexity index is 1220. The number of aryl methyl sites for hydroxylation is 1. The molecule has 33 heavy (non-hydrogen) atoms. The zero-order chi connectivity index (χ0) is 23.4. The summed E-state index contributed by atoms with van der Waals surface area (Å²) in [4.78, 5) is 17.1. The van der Waals surface area contributed by atoms with E-state index in [1.54, 1.807) is 4.68 Å². The van der Waals surface area contributed by atoms with Crippen LogP contribution in [0.2, 0.25) is 0 Å². The van der Waals surface area contributed by atoms with Gasteiger partial charge in [-0.15, -0.1) is 16.7 Å². The van der Waals surface area contributed by atoms with Crippen LogP contribution in [0, 0.1) is 6.92 Å². The van der Waals surface area contributed by atoms with Crippen molar-refractivity contribution in [1.29, 1.82) is 0 Å². The first-order chi connectivity index (χ1) is 15.9. The number of carbonyl (C=O) groups excluding carboxylic acids is 1. The average molecular weight is 461 g/mol. The van der Waals surface area contributed by atoms with Crippen LogP contribution in [-0.4, -0.2) is 26.8 Å². The highest BCUT2D eigenvalue weighted by Crippen LogP contribution is 2.26. The number of hydrogen-bond donors (Lipinski definition) is 1. The van der Waals surface area contributed by atoms with Gasteiger partial charge in [-0.25, -0.2) is 4.68 Å². The molecule has 0 radical (unpaired) electrons. The van der Waals surface area contributed by atoms with Crippen LogP contribution in [0.25, 0.3) is 17.1 Å². The Morgan fingerprint density at radius 2 is 1.64 bits per heavy atom. The van der Waals surface area contributed by atoms with E-state index in [2.05, 4.69) is 15.4 Å². The Labute approximate surface area is 198 Å². The molecule has 1 aromatic heterocycles. The first-order valence-electron chi connectivity index (χ1n) is 10.7. The van der Waals surface area contributed by atoms with Crippen molar-refractivity contribution < 1.29 is 9.53 Å². The van der Waals surface area contributed by atoms with E-state index in [1.165, 1.54) is 0 Å². The van der Waals surface area contributed by atoms with Gasteiger partial charge in [-0.3, -0.25) is 4.79 Å². The molecule has 1 atom stereocenters. The second kappa shape index (κ2) is 9.88. The van der Waals surface area contributed by atoms with E-state index >= 15 is 0 Å². The van der Waals surface area contributed by atoms with Crippen molar-refractivity contribution in [3.8, 4) is 23.1 Å². The molecule has 3 aromatic carbocycles. The summed E-state index contributed by atoms with van der Waals surface area (Å²) >= 11 is 6.33. The van der Waals surface area contributed by atoms with Gasteiger partial charge in [-0.1, -0.05) is 60.2 Å². The quantitative estimate of drug-likeness (QED) is 0.346. The van der Waals surface area contributed by atoms with Crippen molar-refractivity contribution in [1.82, 2.24) is 14.8 Å². The molecular weight excluding hydrogens is 436 g/mol. The minimum atomic E-state index is -0.773. The maximum Gasteiger partial charge on any atom is 0.336 e. The molecule has 7 heteroatoms. The Balaban J connectivity index is 1.58. The van der Waals surface area contributed by atoms with Crippen LogP contribution < -0.4 is 10.1 Å². The van der Waals surface area contributed by atoms with Crippen LogP contribution in [-0.2, 0) is 4.79 Å². The van der Waals surface area contributed by atoms with Gasteiger partial charge in [0.2, 0.25) is 5.91 Å². The molecule has 0 bridgehead atoms. The zero-order valence-electron chi connectivity index (χ0n) is 18.7. The molecule has 1 amide bonds. The van der Waals surface area contributed by atoms with Gasteiger partial charge in [0.05, 0.1) is 11.8 Å². The molecule has 0 aliphatic heterocycles. The number of ether oxygens (including phenoxy) is 1. The van der Waals surface area contributed by atoms with Gasteiger partial charge in [-0.05, 0) is 50.6 Å². The van der Waals surface area contributed by atoms with Crippen LogP contribution in [0.3, 0.4) is 0 Å². The lowest BCUT2D eigenvalue weighted by Gasteiger charge is -2.12. The summed E-state index contributed by atoms with van der Waals surface area (Å²) in [6, 6.07) is 25.0. The summed E-state index contributed by atoms with van der Waals surface area (Å²) in [5.41, 5.74) is 4.27. The largest absolute Gasteiger partial charge is 0.460 e. The molecule has 0 aliphatic carbocycles. The zero-order valence-corrected chi connectivity index (χ0v) is 19.5. The molecule has 1 heterocycles. The predicted octanol–water partition coefficient (Wildman–Crippen LogP) is 5.95. The van der Waals surface area contributed by atoms with Crippen LogP contribution in [0.15, 0.2) is 78.9 Å². The fraction of sp³-hybridized carbons (Fsp3) is 0.192. The van der Waals surface area contributed by atoms with E-state index in [9.17, 15) is 4.79 Å². The highest BCUT2D eigenvalue weighted by molar-refractivity contribution is 6.32. The van der Waals surface area contributed by atoms with E-state index in [0.717, 1.165) is 22.4 Å². The molecule has 0 saturated heterocycles. The van der Waals surface area contributed by atoms with Crippen LogP contribution >= 0.6 is 11.6 Å². The smallest absolute Gasteiger partial charge is 0.336 e. The average Bonchev–Trinajstić information content (AvgIpc) is 3.23. The third-order valence-corrected chi connectivity index (χ3v) is 5.39. The van der Waals surface area contributed by atoms with Crippen molar-refractivity contribution in [2.45, 2.75) is 32.3 Å². The lowest BCUT2D eigenvalue weighted by Crippen LogP contribution is -2.17. The van der Waals surface area contributed by atoms with Crippen LogP contribution in [0.1, 0.15) is 30.4 Å². The van der Waals surface area contributed by atoms with Gasteiger partial charge < -0.3 is 10.1 Å². The lowest BCUT2D eigenvalue weighted by atomic mass is 10.1. The normalized spacial score (nSPS) is 11.9. The molecule has 168 valence electrons. The Morgan fingerprint density at radius 3 is 2.27 bits per heavy atom. The number of anilines is 1. The molecule has 0 saturated carbocycles. The molecule has 0 spiro atoms. The molecule has 0 fully saturated rings. The van der Waals surface area contributed by atoms with E-state index in [0.29, 0.717) is 17.5 Å². The maximum atomic E-state index is 12.6. The number of nitrogens with one attached hydrogen (secondary N) is 1. The number of hydrogen-bond acceptors (Lipinski definition) is 4. The topological polar surface area (TPSA) is 69.0 Å². The van der Waals surface area contributed by atoms with Gasteiger partial charge in [0.25, 0.3) is 0 Å². The number of rotatable bonds is 7. The number of benzene rings is 3. The number of nitrogens with zero attached hydrogens (tertiary/aromatic N) is 3. The number of halogens is 1. The third-order valence-electron chi connectivity index (χ3n) is 4.94. The summed E-state index contributed by atoms with van der Waals surface area (Å²) < 4.78 is 7.47. The molecule has 0 unspecified atom stereocenters. The standard InChI is InChI=1S/C26H25ClN4O2/c1-17(2)33-26-29-24(20-11-9-18(3)10-12-20)31(30-26)22-15-13-21(14-16-22)28-25(32)23(27)19-7-5-4-6-8-19/h4-17,23H,1-3H3,(H,28,32)/t23-/m1/s1. The minimum absolute atomic E-state index is 0.0441. The van der Waals surface area contributed by atoms with Gasteiger partial charge in [0.1, 0.15) is 5.38 Å². The third kappa shape index (κ3) is 5.41. The summed E-state index contributed by atoms with van der Waals surface area (Å²) in [6.45, 7) is 5.91. The predicted molar refractivity (Wildman–Crippen MR) is 131 cm³/mol. The molecule has 1 N–H and O–H groups in total. The maximum absolute atomic E-state index is 12.6. The Kier molecular flexibility index (Phi) is 6.75. The fourth-order valence-electron chi connectivity index (χ4n) is 3.29. The Hall–Kier alpha value is -3.64. The van der Waals surface area contributed by atoms with Crippen LogP contribution in [0.4, 0.5) is 5.69 Å². The van der Waals surface area contributed by atoms with Crippen molar-refractivity contribution in [3.05, 3.63) is 90.0 Å². The van der Waals surface area contributed by atoms with E-state index in [1.807, 2.05) is 99.6 Å². The first-order valence-corrected chi connectivity index (χ1v) is 11.2. The number of alkyl halides is 1. The van der Waals surface area contributed by atoms with Gasteiger partial charge >= 0.3 is 6.01 Å². The summed E-state index contributed by atoms with van der Waals surface area (Å²) in [5.74, 6) is 0.386.